The van der Waals surface area contributed by atoms with E-state index in [1.165, 1.54) is 0 Å². The molecule has 4 rings (SSSR count). The molecule has 0 unspecified atom stereocenters. The van der Waals surface area contributed by atoms with Gasteiger partial charge in [0, 0.05) is 24.9 Å². The molecule has 6 nitrogen and oxygen atoms in total. The van der Waals surface area contributed by atoms with Crippen LogP contribution in [0.2, 0.25) is 0 Å². The van der Waals surface area contributed by atoms with Crippen molar-refractivity contribution < 1.29 is 14.0 Å². The first-order chi connectivity index (χ1) is 14.6. The van der Waals surface area contributed by atoms with Crippen LogP contribution in [-0.4, -0.2) is 28.2 Å². The highest BCUT2D eigenvalue weighted by Crippen LogP contribution is 2.26. The van der Waals surface area contributed by atoms with E-state index in [4.69, 9.17) is 10.2 Å². The molecule has 2 aromatic carbocycles. The molecule has 0 bridgehead atoms. The van der Waals surface area contributed by atoms with Gasteiger partial charge in [-0.15, -0.1) is 0 Å². The number of carbonyl (C=O) groups is 2. The zero-order valence-corrected chi connectivity index (χ0v) is 16.3. The zero-order valence-electron chi connectivity index (χ0n) is 16.3. The Balaban J connectivity index is 1.77. The molecule has 6 heteroatoms. The summed E-state index contributed by atoms with van der Waals surface area (Å²) in [5.74, 6) is -0.0511. The Hall–Kier alpha value is -3.93. The van der Waals surface area contributed by atoms with Crippen LogP contribution in [0.15, 0.2) is 83.5 Å². The molecule has 150 valence electrons. The number of nitrogens with zero attached hydrogens (tertiary/aromatic N) is 2. The van der Waals surface area contributed by atoms with Crippen molar-refractivity contribution in [1.29, 1.82) is 0 Å². The first-order valence-corrected chi connectivity index (χ1v) is 9.67. The summed E-state index contributed by atoms with van der Waals surface area (Å²) in [5, 5.41) is 0.745. The molecule has 0 aliphatic heterocycles. The fourth-order valence-electron chi connectivity index (χ4n) is 3.37. The molecule has 0 radical (unpaired) electrons. The maximum absolute atomic E-state index is 13.6. The van der Waals surface area contributed by atoms with Crippen molar-refractivity contribution in [3.63, 3.8) is 0 Å². The van der Waals surface area contributed by atoms with E-state index in [-0.39, 0.29) is 18.9 Å². The normalized spacial score (nSPS) is 10.8. The van der Waals surface area contributed by atoms with Gasteiger partial charge in [-0.3, -0.25) is 9.59 Å². The smallest absolute Gasteiger partial charge is 0.254 e. The van der Waals surface area contributed by atoms with Gasteiger partial charge >= 0.3 is 0 Å². The summed E-state index contributed by atoms with van der Waals surface area (Å²) in [4.78, 5) is 31.3. The van der Waals surface area contributed by atoms with E-state index in [0.29, 0.717) is 29.1 Å². The Morgan fingerprint density at radius 3 is 2.47 bits per heavy atom. The van der Waals surface area contributed by atoms with Gasteiger partial charge < -0.3 is 15.1 Å². The molecule has 2 aromatic heterocycles. The van der Waals surface area contributed by atoms with Gasteiger partial charge in [-0.2, -0.15) is 0 Å². The number of furan rings is 1. The second-order valence-electron chi connectivity index (χ2n) is 6.98. The molecule has 0 aliphatic carbocycles. The Kier molecular flexibility index (Phi) is 5.57. The van der Waals surface area contributed by atoms with Gasteiger partial charge in [0.1, 0.15) is 5.69 Å². The summed E-state index contributed by atoms with van der Waals surface area (Å²) in [5.41, 5.74) is 8.11. The van der Waals surface area contributed by atoms with Crippen LogP contribution in [0.3, 0.4) is 0 Å². The van der Waals surface area contributed by atoms with Gasteiger partial charge in [-0.1, -0.05) is 48.5 Å². The van der Waals surface area contributed by atoms with E-state index >= 15 is 0 Å². The van der Waals surface area contributed by atoms with Crippen molar-refractivity contribution in [2.75, 3.05) is 6.54 Å². The third kappa shape index (κ3) is 4.22. The summed E-state index contributed by atoms with van der Waals surface area (Å²) in [6.45, 7) is 0.607. The van der Waals surface area contributed by atoms with Crippen molar-refractivity contribution in [3.8, 4) is 11.5 Å². The molecule has 4 aromatic rings. The van der Waals surface area contributed by atoms with Crippen molar-refractivity contribution in [2.45, 2.75) is 13.0 Å². The number of primary amides is 1. The highest BCUT2D eigenvalue weighted by molar-refractivity contribution is 6.07. The zero-order chi connectivity index (χ0) is 20.9. The highest BCUT2D eigenvalue weighted by Gasteiger charge is 2.21. The maximum atomic E-state index is 13.6. The lowest BCUT2D eigenvalue weighted by molar-refractivity contribution is -0.118. The van der Waals surface area contributed by atoms with E-state index in [1.54, 1.807) is 29.4 Å². The van der Waals surface area contributed by atoms with Crippen LogP contribution in [0.4, 0.5) is 0 Å². The van der Waals surface area contributed by atoms with Crippen molar-refractivity contribution in [2.24, 2.45) is 5.73 Å². The first-order valence-electron chi connectivity index (χ1n) is 9.67. The van der Waals surface area contributed by atoms with E-state index in [0.717, 1.165) is 10.9 Å². The second kappa shape index (κ2) is 8.61. The molecule has 0 fully saturated rings. The predicted octanol–water partition coefficient (Wildman–Crippen LogP) is 4.01. The largest absolute Gasteiger partial charge is 0.463 e. The number of fused-ring (bicyclic) bond motifs is 1. The minimum atomic E-state index is -0.447. The number of hydrogen-bond donors (Lipinski definition) is 1. The molecule has 0 aliphatic rings. The lowest BCUT2D eigenvalue weighted by Gasteiger charge is -2.23. The van der Waals surface area contributed by atoms with E-state index < -0.39 is 5.91 Å². The first kappa shape index (κ1) is 19.4. The monoisotopic (exact) mass is 399 g/mol. The average Bonchev–Trinajstić information content (AvgIpc) is 3.31. The SMILES string of the molecule is NC(=O)CCN(Cc1ccccc1)C(=O)c1cc(-c2ccco2)nc2ccccc12. The van der Waals surface area contributed by atoms with Crippen LogP contribution < -0.4 is 5.73 Å². The minimum absolute atomic E-state index is 0.0899. The van der Waals surface area contributed by atoms with Gasteiger partial charge in [-0.25, -0.2) is 4.98 Å². The Morgan fingerprint density at radius 2 is 1.73 bits per heavy atom. The molecular weight excluding hydrogens is 378 g/mol. The summed E-state index contributed by atoms with van der Waals surface area (Å²) in [6, 6.07) is 22.5. The van der Waals surface area contributed by atoms with Gasteiger partial charge in [0.05, 0.1) is 17.3 Å². The van der Waals surface area contributed by atoms with Crippen LogP contribution in [0.5, 0.6) is 0 Å². The van der Waals surface area contributed by atoms with Crippen LogP contribution in [0, 0.1) is 0 Å². The Labute approximate surface area is 173 Å². The standard InChI is InChI=1S/C24H21N3O3/c25-23(28)12-13-27(16-17-7-2-1-3-8-17)24(29)19-15-21(22-11-6-14-30-22)26-20-10-5-4-9-18(19)20/h1-11,14-15H,12-13,16H2,(H2,25,28). The Morgan fingerprint density at radius 1 is 0.967 bits per heavy atom. The number of aromatic nitrogens is 1. The maximum Gasteiger partial charge on any atom is 0.254 e. The van der Waals surface area contributed by atoms with Crippen LogP contribution >= 0.6 is 0 Å². The van der Waals surface area contributed by atoms with Crippen LogP contribution in [0.25, 0.3) is 22.4 Å². The predicted molar refractivity (Wildman–Crippen MR) is 114 cm³/mol. The Bertz CT molecular complexity index is 1170. The number of para-hydroxylation sites is 1. The quantitative estimate of drug-likeness (QED) is 0.508. The molecule has 2 amide bonds. The molecule has 0 spiro atoms. The third-order valence-electron chi connectivity index (χ3n) is 4.85. The van der Waals surface area contributed by atoms with E-state index in [2.05, 4.69) is 4.98 Å². The minimum Gasteiger partial charge on any atom is -0.463 e. The third-order valence-corrected chi connectivity index (χ3v) is 4.85. The van der Waals surface area contributed by atoms with Gasteiger partial charge in [0.15, 0.2) is 5.76 Å². The summed E-state index contributed by atoms with van der Waals surface area (Å²) >= 11 is 0. The van der Waals surface area contributed by atoms with Gasteiger partial charge in [-0.05, 0) is 29.8 Å². The van der Waals surface area contributed by atoms with E-state index in [1.807, 2.05) is 54.6 Å². The highest BCUT2D eigenvalue weighted by atomic mass is 16.3. The van der Waals surface area contributed by atoms with Crippen molar-refractivity contribution >= 4 is 22.7 Å². The second-order valence-corrected chi connectivity index (χ2v) is 6.98. The number of nitrogens with two attached hydrogens (primary N) is 1. The number of amides is 2. The number of pyridine rings is 1. The lowest BCUT2D eigenvalue weighted by Crippen LogP contribution is -2.33. The average molecular weight is 399 g/mol. The number of benzene rings is 2. The topological polar surface area (TPSA) is 89.4 Å². The van der Waals surface area contributed by atoms with Crippen LogP contribution in [0.1, 0.15) is 22.3 Å². The van der Waals surface area contributed by atoms with Crippen molar-refractivity contribution in [3.05, 3.63) is 90.2 Å². The summed E-state index contributed by atoms with van der Waals surface area (Å²) in [6.07, 6.45) is 1.66. The fraction of sp³-hybridized carbons (Fsp3) is 0.125. The molecule has 30 heavy (non-hydrogen) atoms. The molecule has 0 atom stereocenters. The van der Waals surface area contributed by atoms with Gasteiger partial charge in [0.25, 0.3) is 5.91 Å². The summed E-state index contributed by atoms with van der Waals surface area (Å²) in [7, 11) is 0. The fourth-order valence-corrected chi connectivity index (χ4v) is 3.37. The molecule has 2 N–H and O–H groups in total. The lowest BCUT2D eigenvalue weighted by atomic mass is 10.0. The van der Waals surface area contributed by atoms with Crippen molar-refractivity contribution in [1.82, 2.24) is 9.88 Å². The number of hydrogen-bond acceptors (Lipinski definition) is 4. The number of rotatable bonds is 7. The van der Waals surface area contributed by atoms with Crippen LogP contribution in [-0.2, 0) is 11.3 Å². The molecule has 2 heterocycles. The number of carbonyl (C=O) groups excluding carboxylic acids is 2. The summed E-state index contributed by atoms with van der Waals surface area (Å²) < 4.78 is 5.49. The van der Waals surface area contributed by atoms with Gasteiger partial charge in [0.2, 0.25) is 5.91 Å². The van der Waals surface area contributed by atoms with E-state index in [9.17, 15) is 9.59 Å². The molecule has 0 saturated heterocycles. The molecular formula is C24H21N3O3. The molecule has 0 saturated carbocycles.